The fourth-order valence-corrected chi connectivity index (χ4v) is 6.12. The van der Waals surface area contributed by atoms with Gasteiger partial charge in [-0.3, -0.25) is 14.4 Å². The molecule has 10 heteroatoms. The number of likely N-dealkylation sites (N-methyl/N-ethyl adjacent to an activating group) is 1. The molecule has 0 aliphatic carbocycles. The summed E-state index contributed by atoms with van der Waals surface area (Å²) < 4.78 is 7.42. The molecule has 0 bridgehead atoms. The van der Waals surface area contributed by atoms with E-state index in [4.69, 9.17) is 4.74 Å². The van der Waals surface area contributed by atoms with Crippen LogP contribution in [0.15, 0.2) is 43.0 Å². The van der Waals surface area contributed by atoms with Gasteiger partial charge in [-0.25, -0.2) is 4.79 Å². The maximum absolute atomic E-state index is 13.7. The number of anilines is 1. The van der Waals surface area contributed by atoms with Crippen LogP contribution < -0.4 is 10.6 Å². The summed E-state index contributed by atoms with van der Waals surface area (Å²) in [6.45, 7) is 10.6. The zero-order chi connectivity index (χ0) is 27.9. The standard InChI is InChI=1S/C29H41N7O3/c1-7-23-27(39-23)35-15-13-20(14-16-35)26(37)31-25-21-17-36(29(2,3)24(21)34(6)32-25)28(38)30-22(18-33(4)5)19-11-9-8-10-12-19/h7-12,20,22-23,27H,1,13-18H2,2-6H3,(H,30,38)(H,31,32,37)/t22-,23?,27?/m1/s1. The van der Waals surface area contributed by atoms with E-state index >= 15 is 0 Å². The minimum atomic E-state index is -0.596. The minimum absolute atomic E-state index is 0.0108. The third-order valence-corrected chi connectivity index (χ3v) is 8.24. The van der Waals surface area contributed by atoms with E-state index in [0.717, 1.165) is 42.8 Å². The van der Waals surface area contributed by atoms with Gasteiger partial charge in [-0.05, 0) is 46.3 Å². The fraction of sp³-hybridized carbons (Fsp3) is 0.552. The van der Waals surface area contributed by atoms with Crippen LogP contribution in [0.3, 0.4) is 0 Å². The quantitative estimate of drug-likeness (QED) is 0.398. The average Bonchev–Trinajstić information content (AvgIpc) is 3.55. The molecule has 0 radical (unpaired) electrons. The third kappa shape index (κ3) is 5.46. The average molecular weight is 536 g/mol. The van der Waals surface area contributed by atoms with E-state index in [-0.39, 0.29) is 36.2 Å². The number of hydrogen-bond donors (Lipinski definition) is 2. The lowest BCUT2D eigenvalue weighted by Gasteiger charge is -2.34. The minimum Gasteiger partial charge on any atom is -0.349 e. The van der Waals surface area contributed by atoms with Crippen LogP contribution in [0.1, 0.15) is 49.6 Å². The predicted molar refractivity (Wildman–Crippen MR) is 150 cm³/mol. The van der Waals surface area contributed by atoms with Crippen molar-refractivity contribution in [3.8, 4) is 0 Å². The molecule has 1 aromatic carbocycles. The normalized spacial score (nSPS) is 23.4. The Bertz CT molecular complexity index is 1220. The first-order valence-corrected chi connectivity index (χ1v) is 13.8. The van der Waals surface area contributed by atoms with Gasteiger partial charge in [0.05, 0.1) is 23.8 Å². The summed E-state index contributed by atoms with van der Waals surface area (Å²) in [4.78, 5) is 33.1. The highest BCUT2D eigenvalue weighted by Gasteiger charge is 2.46. The van der Waals surface area contributed by atoms with Gasteiger partial charge in [-0.15, -0.1) is 6.58 Å². The molecule has 5 rings (SSSR count). The molecule has 39 heavy (non-hydrogen) atoms. The molecule has 2 fully saturated rings. The summed E-state index contributed by atoms with van der Waals surface area (Å²) in [6, 6.07) is 9.73. The van der Waals surface area contributed by atoms with Crippen LogP contribution in [0.5, 0.6) is 0 Å². The molecule has 2 unspecified atom stereocenters. The molecule has 3 aliphatic heterocycles. The number of carbonyl (C=O) groups excluding carboxylic acids is 2. The van der Waals surface area contributed by atoms with E-state index in [1.165, 1.54) is 0 Å². The molecule has 4 heterocycles. The number of rotatable bonds is 8. The maximum atomic E-state index is 13.7. The molecule has 3 atom stereocenters. The SMILES string of the molecule is C=CC1OC1N1CCC(C(=O)Nc2nn(C)c3c2CN(C(=O)N[C@H](CN(C)C)c2ccccc2)C3(C)C)CC1. The Hall–Kier alpha value is -3.21. The number of hydrogen-bond acceptors (Lipinski definition) is 6. The van der Waals surface area contributed by atoms with E-state index in [9.17, 15) is 9.59 Å². The number of ether oxygens (including phenoxy) is 1. The second-order valence-corrected chi connectivity index (χ2v) is 11.6. The number of aromatic nitrogens is 2. The van der Waals surface area contributed by atoms with Crippen LogP contribution >= 0.6 is 0 Å². The molecule has 2 N–H and O–H groups in total. The molecule has 210 valence electrons. The molecular weight excluding hydrogens is 494 g/mol. The molecule has 3 amide bonds. The summed E-state index contributed by atoms with van der Waals surface area (Å²) in [6.07, 6.45) is 3.61. The number of amides is 3. The van der Waals surface area contributed by atoms with Crippen molar-refractivity contribution >= 4 is 17.8 Å². The number of urea groups is 1. The van der Waals surface area contributed by atoms with Crippen molar-refractivity contribution < 1.29 is 14.3 Å². The van der Waals surface area contributed by atoms with Gasteiger partial charge in [0.2, 0.25) is 5.91 Å². The summed E-state index contributed by atoms with van der Waals surface area (Å²) in [5.41, 5.74) is 2.30. The molecule has 2 saturated heterocycles. The summed E-state index contributed by atoms with van der Waals surface area (Å²) >= 11 is 0. The third-order valence-electron chi connectivity index (χ3n) is 8.24. The van der Waals surface area contributed by atoms with Crippen molar-refractivity contribution in [1.82, 2.24) is 29.8 Å². The second kappa shape index (κ2) is 10.7. The zero-order valence-corrected chi connectivity index (χ0v) is 23.7. The van der Waals surface area contributed by atoms with Crippen molar-refractivity contribution in [3.63, 3.8) is 0 Å². The van der Waals surface area contributed by atoms with E-state index in [0.29, 0.717) is 18.9 Å². The topological polar surface area (TPSA) is 98.3 Å². The number of carbonyl (C=O) groups is 2. The van der Waals surface area contributed by atoms with Crippen LogP contribution in [-0.2, 0) is 28.7 Å². The van der Waals surface area contributed by atoms with Gasteiger partial charge in [-0.2, -0.15) is 5.10 Å². The second-order valence-electron chi connectivity index (χ2n) is 11.6. The number of epoxide rings is 1. The van der Waals surface area contributed by atoms with Gasteiger partial charge >= 0.3 is 6.03 Å². The Morgan fingerprint density at radius 1 is 1.23 bits per heavy atom. The predicted octanol–water partition coefficient (Wildman–Crippen LogP) is 3.04. The number of nitrogens with zero attached hydrogens (tertiary/aromatic N) is 5. The highest BCUT2D eigenvalue weighted by molar-refractivity contribution is 5.93. The Balaban J connectivity index is 1.26. The van der Waals surface area contributed by atoms with Crippen LogP contribution in [-0.4, -0.2) is 82.5 Å². The lowest BCUT2D eigenvalue weighted by atomic mass is 9.95. The van der Waals surface area contributed by atoms with Crippen LogP contribution in [0, 0.1) is 5.92 Å². The molecule has 3 aliphatic rings. The molecular formula is C29H41N7O3. The molecule has 0 spiro atoms. The van der Waals surface area contributed by atoms with Crippen molar-refractivity contribution in [2.24, 2.45) is 13.0 Å². The van der Waals surface area contributed by atoms with Gasteiger partial charge in [0.25, 0.3) is 0 Å². The number of piperidine rings is 1. The summed E-state index contributed by atoms with van der Waals surface area (Å²) in [5.74, 6) is 0.461. The number of nitrogens with one attached hydrogen (secondary N) is 2. The molecule has 2 aromatic rings. The fourth-order valence-electron chi connectivity index (χ4n) is 6.12. The molecule has 1 aromatic heterocycles. The van der Waals surface area contributed by atoms with E-state index < -0.39 is 5.54 Å². The van der Waals surface area contributed by atoms with Crippen molar-refractivity contribution in [3.05, 3.63) is 59.8 Å². The molecule has 0 saturated carbocycles. The summed E-state index contributed by atoms with van der Waals surface area (Å²) in [5, 5.41) is 11.0. The first kappa shape index (κ1) is 27.4. The van der Waals surface area contributed by atoms with Crippen molar-refractivity contribution in [2.75, 3.05) is 39.0 Å². The first-order valence-electron chi connectivity index (χ1n) is 13.8. The van der Waals surface area contributed by atoms with Gasteiger partial charge in [0.15, 0.2) is 5.82 Å². The smallest absolute Gasteiger partial charge is 0.319 e. The Kier molecular flexibility index (Phi) is 7.54. The van der Waals surface area contributed by atoms with Crippen molar-refractivity contribution in [2.45, 2.75) is 57.1 Å². The Morgan fingerprint density at radius 3 is 2.54 bits per heavy atom. The van der Waals surface area contributed by atoms with Gasteiger partial charge in [-0.1, -0.05) is 36.4 Å². The van der Waals surface area contributed by atoms with E-state index in [1.54, 1.807) is 4.68 Å². The van der Waals surface area contributed by atoms with Crippen LogP contribution in [0.2, 0.25) is 0 Å². The highest BCUT2D eigenvalue weighted by atomic mass is 16.6. The molecule has 10 nitrogen and oxygen atoms in total. The Morgan fingerprint density at radius 2 is 1.92 bits per heavy atom. The van der Waals surface area contributed by atoms with Crippen LogP contribution in [0.25, 0.3) is 0 Å². The number of aryl methyl sites for hydroxylation is 1. The van der Waals surface area contributed by atoms with E-state index in [1.807, 2.05) is 76.3 Å². The highest BCUT2D eigenvalue weighted by Crippen LogP contribution is 2.42. The van der Waals surface area contributed by atoms with Gasteiger partial charge in [0, 0.05) is 38.2 Å². The lowest BCUT2D eigenvalue weighted by molar-refractivity contribution is -0.121. The maximum Gasteiger partial charge on any atom is 0.319 e. The number of benzene rings is 1. The Labute approximate surface area is 231 Å². The van der Waals surface area contributed by atoms with E-state index in [2.05, 4.69) is 32.1 Å². The lowest BCUT2D eigenvalue weighted by Crippen LogP contribution is -2.49. The van der Waals surface area contributed by atoms with Gasteiger partial charge < -0.3 is 25.2 Å². The van der Waals surface area contributed by atoms with Crippen molar-refractivity contribution in [1.29, 1.82) is 0 Å². The first-order chi connectivity index (χ1) is 18.6. The van der Waals surface area contributed by atoms with Crippen LogP contribution in [0.4, 0.5) is 10.6 Å². The number of fused-ring (bicyclic) bond motifs is 1. The largest absolute Gasteiger partial charge is 0.349 e. The number of likely N-dealkylation sites (tertiary alicyclic amines) is 1. The summed E-state index contributed by atoms with van der Waals surface area (Å²) in [7, 11) is 5.88. The van der Waals surface area contributed by atoms with Gasteiger partial charge in [0.1, 0.15) is 12.3 Å². The monoisotopic (exact) mass is 535 g/mol. The zero-order valence-electron chi connectivity index (χ0n) is 23.7.